The third-order valence-electron chi connectivity index (χ3n) is 5.14. The van der Waals surface area contributed by atoms with Crippen molar-refractivity contribution in [2.45, 2.75) is 38.5 Å². The quantitative estimate of drug-likeness (QED) is 0.473. The number of nitrogens with one attached hydrogen (secondary N) is 1. The Labute approximate surface area is 117 Å². The third kappa shape index (κ3) is 2.36. The number of rotatable bonds is 4. The molecule has 0 aromatic carbocycles. The molecule has 0 aromatic rings. The van der Waals surface area contributed by atoms with Gasteiger partial charge >= 0.3 is 0 Å². The Balaban J connectivity index is 1.61. The highest BCUT2D eigenvalue weighted by Crippen LogP contribution is 2.56. The Kier molecular flexibility index (Phi) is 3.64. The average Bonchev–Trinajstić information content (AvgIpc) is 2.27. The van der Waals surface area contributed by atoms with Crippen LogP contribution in [0.1, 0.15) is 38.5 Å². The van der Waals surface area contributed by atoms with Gasteiger partial charge in [0.2, 0.25) is 5.91 Å². The third-order valence-corrected chi connectivity index (χ3v) is 5.90. The first kappa shape index (κ1) is 12.2. The molecule has 1 N–H and O–H groups in total. The summed E-state index contributed by atoms with van der Waals surface area (Å²) < 4.78 is 1.14. The van der Waals surface area contributed by atoms with E-state index in [1.165, 1.54) is 32.1 Å². The van der Waals surface area contributed by atoms with Crippen LogP contribution < -0.4 is 5.32 Å². The largest absolute Gasteiger partial charge is 0.356 e. The van der Waals surface area contributed by atoms with Crippen LogP contribution in [0.15, 0.2) is 0 Å². The number of hydrogen-bond acceptors (Lipinski definition) is 1. The van der Waals surface area contributed by atoms with Gasteiger partial charge in [0.1, 0.15) is 0 Å². The van der Waals surface area contributed by atoms with Crippen LogP contribution >= 0.6 is 22.6 Å². The van der Waals surface area contributed by atoms with Crippen molar-refractivity contribution in [3.8, 4) is 0 Å². The Hall–Kier alpha value is 0.200. The summed E-state index contributed by atoms with van der Waals surface area (Å²) in [5, 5.41) is 3.17. The molecule has 0 spiro atoms. The lowest BCUT2D eigenvalue weighted by molar-refractivity contribution is -0.138. The first-order valence-corrected chi connectivity index (χ1v) is 8.64. The molecule has 4 rings (SSSR count). The summed E-state index contributed by atoms with van der Waals surface area (Å²) in [7, 11) is 0. The molecule has 0 aliphatic heterocycles. The summed E-state index contributed by atoms with van der Waals surface area (Å²) >= 11 is 2.37. The standard InChI is InChI=1S/C14H22INO/c15-2-1-3-16-14(17)13-11-5-9-4-10(7-11)8-12(13)6-9/h9-13H,1-8H2,(H,16,17). The summed E-state index contributed by atoms with van der Waals surface area (Å²) in [5.41, 5.74) is 0. The maximum atomic E-state index is 12.3. The van der Waals surface area contributed by atoms with Gasteiger partial charge in [-0.25, -0.2) is 0 Å². The molecule has 0 heterocycles. The highest BCUT2D eigenvalue weighted by Gasteiger charge is 2.50. The molecule has 0 radical (unpaired) electrons. The second kappa shape index (κ2) is 5.06. The lowest BCUT2D eigenvalue weighted by Crippen LogP contribution is -2.51. The highest BCUT2D eigenvalue weighted by molar-refractivity contribution is 14.1. The van der Waals surface area contributed by atoms with Crippen molar-refractivity contribution in [1.29, 1.82) is 0 Å². The molecule has 4 aliphatic rings. The van der Waals surface area contributed by atoms with Gasteiger partial charge in [0.15, 0.2) is 0 Å². The minimum absolute atomic E-state index is 0.372. The van der Waals surface area contributed by atoms with E-state index >= 15 is 0 Å². The molecule has 17 heavy (non-hydrogen) atoms. The van der Waals surface area contributed by atoms with E-state index < -0.39 is 0 Å². The Bertz CT molecular complexity index is 277. The van der Waals surface area contributed by atoms with Crippen LogP contribution in [-0.2, 0) is 4.79 Å². The van der Waals surface area contributed by atoms with Crippen molar-refractivity contribution < 1.29 is 4.79 Å². The number of hydrogen-bond donors (Lipinski definition) is 1. The van der Waals surface area contributed by atoms with Gasteiger partial charge in [-0.1, -0.05) is 22.6 Å². The van der Waals surface area contributed by atoms with Gasteiger partial charge in [-0.3, -0.25) is 4.79 Å². The summed E-state index contributed by atoms with van der Waals surface area (Å²) in [6.45, 7) is 0.880. The summed E-state index contributed by atoms with van der Waals surface area (Å²) in [6.07, 6.45) is 7.96. The zero-order valence-electron chi connectivity index (χ0n) is 10.3. The van der Waals surface area contributed by atoms with E-state index in [1.54, 1.807) is 0 Å². The summed E-state index contributed by atoms with van der Waals surface area (Å²) in [6, 6.07) is 0. The molecule has 2 nitrogen and oxygen atoms in total. The van der Waals surface area contributed by atoms with Gasteiger partial charge in [0, 0.05) is 16.9 Å². The SMILES string of the molecule is O=C(NCCCI)C1C2CC3CC(C2)CC1C3. The predicted octanol–water partition coefficient (Wildman–Crippen LogP) is 3.00. The number of carbonyl (C=O) groups excluding carboxylic acids is 1. The zero-order valence-corrected chi connectivity index (χ0v) is 12.5. The minimum Gasteiger partial charge on any atom is -0.356 e. The Morgan fingerprint density at radius 3 is 2.18 bits per heavy atom. The molecular formula is C14H22INO. The zero-order chi connectivity index (χ0) is 11.8. The fourth-order valence-corrected chi connectivity index (χ4v) is 5.13. The maximum Gasteiger partial charge on any atom is 0.223 e. The molecule has 96 valence electrons. The van der Waals surface area contributed by atoms with Crippen molar-refractivity contribution in [2.24, 2.45) is 29.6 Å². The smallest absolute Gasteiger partial charge is 0.223 e. The molecule has 1 amide bonds. The number of halogens is 1. The summed E-state index contributed by atoms with van der Waals surface area (Å²) in [4.78, 5) is 12.3. The van der Waals surface area contributed by atoms with Gasteiger partial charge in [0.25, 0.3) is 0 Å². The number of alkyl halides is 1. The molecule has 3 heteroatoms. The fraction of sp³-hybridized carbons (Fsp3) is 0.929. The molecule has 4 saturated carbocycles. The molecule has 4 bridgehead atoms. The van der Waals surface area contributed by atoms with Gasteiger partial charge in [-0.2, -0.15) is 0 Å². The second-order valence-electron chi connectivity index (χ2n) is 6.29. The van der Waals surface area contributed by atoms with E-state index in [9.17, 15) is 4.79 Å². The van der Waals surface area contributed by atoms with Crippen LogP contribution in [0.5, 0.6) is 0 Å². The van der Waals surface area contributed by atoms with Gasteiger partial charge in [-0.15, -0.1) is 0 Å². The van der Waals surface area contributed by atoms with E-state index in [0.717, 1.165) is 41.1 Å². The molecule has 0 atom stereocenters. The van der Waals surface area contributed by atoms with E-state index in [-0.39, 0.29) is 0 Å². The number of amides is 1. The predicted molar refractivity (Wildman–Crippen MR) is 77.0 cm³/mol. The highest BCUT2D eigenvalue weighted by atomic mass is 127. The maximum absolute atomic E-state index is 12.3. The van der Waals surface area contributed by atoms with Crippen molar-refractivity contribution in [3.05, 3.63) is 0 Å². The van der Waals surface area contributed by atoms with Crippen LogP contribution in [0.3, 0.4) is 0 Å². The van der Waals surface area contributed by atoms with Crippen molar-refractivity contribution in [1.82, 2.24) is 5.32 Å². The van der Waals surface area contributed by atoms with E-state index in [1.807, 2.05) is 0 Å². The van der Waals surface area contributed by atoms with Gasteiger partial charge < -0.3 is 5.32 Å². The second-order valence-corrected chi connectivity index (χ2v) is 7.37. The van der Waals surface area contributed by atoms with Gasteiger partial charge in [-0.05, 0) is 62.2 Å². The lowest BCUT2D eigenvalue weighted by Gasteiger charge is -2.53. The van der Waals surface area contributed by atoms with Crippen LogP contribution in [0.25, 0.3) is 0 Å². The molecule has 0 aromatic heterocycles. The molecular weight excluding hydrogens is 325 g/mol. The van der Waals surface area contributed by atoms with Crippen molar-refractivity contribution >= 4 is 28.5 Å². The van der Waals surface area contributed by atoms with Crippen LogP contribution in [0.2, 0.25) is 0 Å². The first-order valence-electron chi connectivity index (χ1n) is 7.11. The minimum atomic E-state index is 0.372. The Morgan fingerprint density at radius 2 is 1.65 bits per heavy atom. The van der Waals surface area contributed by atoms with Crippen molar-refractivity contribution in [2.75, 3.05) is 11.0 Å². The first-order chi connectivity index (χ1) is 8.28. The van der Waals surface area contributed by atoms with Crippen LogP contribution in [-0.4, -0.2) is 16.9 Å². The van der Waals surface area contributed by atoms with Crippen LogP contribution in [0.4, 0.5) is 0 Å². The molecule has 4 aliphatic carbocycles. The molecule has 0 unspecified atom stereocenters. The summed E-state index contributed by atoms with van der Waals surface area (Å²) in [5.74, 6) is 4.14. The van der Waals surface area contributed by atoms with E-state index in [2.05, 4.69) is 27.9 Å². The van der Waals surface area contributed by atoms with Crippen molar-refractivity contribution in [3.63, 3.8) is 0 Å². The Morgan fingerprint density at radius 1 is 1.06 bits per heavy atom. The topological polar surface area (TPSA) is 29.1 Å². The molecule has 0 saturated heterocycles. The van der Waals surface area contributed by atoms with Crippen LogP contribution in [0, 0.1) is 29.6 Å². The number of carbonyl (C=O) groups is 1. The normalized spacial score (nSPS) is 42.8. The van der Waals surface area contributed by atoms with Gasteiger partial charge in [0.05, 0.1) is 0 Å². The van der Waals surface area contributed by atoms with E-state index in [0.29, 0.717) is 11.8 Å². The fourth-order valence-electron chi connectivity index (χ4n) is 4.75. The van der Waals surface area contributed by atoms with E-state index in [4.69, 9.17) is 0 Å². The monoisotopic (exact) mass is 347 g/mol. The molecule has 4 fully saturated rings. The lowest BCUT2D eigenvalue weighted by atomic mass is 9.51. The average molecular weight is 347 g/mol.